The van der Waals surface area contributed by atoms with E-state index in [0.717, 1.165) is 37.7 Å². The molecular formula is C25H30N6O2. The molecule has 0 aliphatic carbocycles. The third kappa shape index (κ3) is 6.60. The molecule has 0 atom stereocenters. The van der Waals surface area contributed by atoms with Gasteiger partial charge in [-0.25, -0.2) is 4.99 Å². The molecule has 1 aliphatic heterocycles. The van der Waals surface area contributed by atoms with Gasteiger partial charge in [-0.3, -0.25) is 15.2 Å². The van der Waals surface area contributed by atoms with Gasteiger partial charge in [0, 0.05) is 42.8 Å². The first-order valence-corrected chi connectivity index (χ1v) is 10.9. The summed E-state index contributed by atoms with van der Waals surface area (Å²) in [6.07, 6.45) is 1.76. The Labute approximate surface area is 194 Å². The number of ether oxygens (including phenoxy) is 1. The zero-order valence-corrected chi connectivity index (χ0v) is 19.1. The van der Waals surface area contributed by atoms with Crippen molar-refractivity contribution in [1.29, 1.82) is 5.41 Å². The molecule has 2 aromatic rings. The van der Waals surface area contributed by atoms with E-state index in [9.17, 15) is 4.79 Å². The van der Waals surface area contributed by atoms with Crippen molar-refractivity contribution in [2.45, 2.75) is 13.3 Å². The Morgan fingerprint density at radius 3 is 2.52 bits per heavy atom. The highest BCUT2D eigenvalue weighted by molar-refractivity contribution is 6.48. The largest absolute Gasteiger partial charge is 0.378 e. The molecule has 172 valence electrons. The van der Waals surface area contributed by atoms with Gasteiger partial charge in [-0.15, -0.1) is 0 Å². The maximum atomic E-state index is 11.6. The molecular weight excluding hydrogens is 416 g/mol. The number of hydrogen-bond donors (Lipinski definition) is 3. The zero-order chi connectivity index (χ0) is 23.6. The smallest absolute Gasteiger partial charge is 0.247 e. The Morgan fingerprint density at radius 1 is 1.15 bits per heavy atom. The number of anilines is 3. The Balaban J connectivity index is 1.72. The van der Waals surface area contributed by atoms with Crippen molar-refractivity contribution in [3.8, 4) is 0 Å². The lowest BCUT2D eigenvalue weighted by Gasteiger charge is -2.28. The van der Waals surface area contributed by atoms with Gasteiger partial charge in [-0.2, -0.15) is 0 Å². The molecule has 0 unspecified atom stereocenters. The van der Waals surface area contributed by atoms with Crippen molar-refractivity contribution < 1.29 is 9.53 Å². The lowest BCUT2D eigenvalue weighted by atomic mass is 10.0. The van der Waals surface area contributed by atoms with Gasteiger partial charge in [-0.1, -0.05) is 25.6 Å². The molecule has 8 nitrogen and oxygen atoms in total. The average molecular weight is 447 g/mol. The molecule has 1 aliphatic rings. The van der Waals surface area contributed by atoms with E-state index >= 15 is 0 Å². The third-order valence-electron chi connectivity index (χ3n) is 5.18. The summed E-state index contributed by atoms with van der Waals surface area (Å²) in [5.74, 6) is 0.124. The number of morpholine rings is 1. The van der Waals surface area contributed by atoms with Crippen LogP contribution in [-0.4, -0.2) is 56.6 Å². The highest BCUT2D eigenvalue weighted by Gasteiger charge is 2.13. The van der Waals surface area contributed by atoms with Crippen LogP contribution < -0.4 is 15.5 Å². The summed E-state index contributed by atoms with van der Waals surface area (Å²) in [4.78, 5) is 22.7. The van der Waals surface area contributed by atoms with E-state index in [1.54, 1.807) is 25.2 Å². The lowest BCUT2D eigenvalue weighted by molar-refractivity contribution is -0.111. The Kier molecular flexibility index (Phi) is 8.49. The van der Waals surface area contributed by atoms with Crippen LogP contribution >= 0.6 is 0 Å². The van der Waals surface area contributed by atoms with Gasteiger partial charge < -0.3 is 20.3 Å². The molecule has 2 aromatic carbocycles. The third-order valence-corrected chi connectivity index (χ3v) is 5.18. The Morgan fingerprint density at radius 2 is 1.88 bits per heavy atom. The fraction of sp³-hybridized carbons (Fsp3) is 0.280. The number of hydrogen-bond acceptors (Lipinski definition) is 5. The molecule has 8 heteroatoms. The first-order chi connectivity index (χ1) is 16.0. The van der Waals surface area contributed by atoms with Crippen molar-refractivity contribution >= 4 is 40.4 Å². The van der Waals surface area contributed by atoms with Crippen LogP contribution in [0, 0.1) is 5.41 Å². The van der Waals surface area contributed by atoms with E-state index in [0.29, 0.717) is 29.3 Å². The summed E-state index contributed by atoms with van der Waals surface area (Å²) in [6.45, 7) is 8.67. The molecule has 0 saturated carbocycles. The first kappa shape index (κ1) is 23.9. The maximum Gasteiger partial charge on any atom is 0.247 e. The number of rotatable bonds is 7. The molecule has 0 spiro atoms. The second-order valence-corrected chi connectivity index (χ2v) is 7.38. The molecule has 3 N–H and O–H groups in total. The van der Waals surface area contributed by atoms with Gasteiger partial charge in [0.2, 0.25) is 11.9 Å². The number of carbonyl (C=O) groups excluding carboxylic acids is 1. The van der Waals surface area contributed by atoms with Crippen molar-refractivity contribution in [1.82, 2.24) is 0 Å². The van der Waals surface area contributed by atoms with E-state index in [-0.39, 0.29) is 11.6 Å². The minimum atomic E-state index is -0.299. The monoisotopic (exact) mass is 446 g/mol. The van der Waals surface area contributed by atoms with Gasteiger partial charge in [0.05, 0.1) is 24.6 Å². The van der Waals surface area contributed by atoms with Gasteiger partial charge in [-0.05, 0) is 48.9 Å². The predicted octanol–water partition coefficient (Wildman–Crippen LogP) is 3.96. The lowest BCUT2D eigenvalue weighted by Crippen LogP contribution is -2.36. The molecule has 0 radical (unpaired) electrons. The number of nitrogens with zero attached hydrogens (tertiary/aromatic N) is 3. The normalized spacial score (nSPS) is 14.5. The summed E-state index contributed by atoms with van der Waals surface area (Å²) < 4.78 is 5.42. The number of guanidine groups is 1. The van der Waals surface area contributed by atoms with Gasteiger partial charge in [0.1, 0.15) is 0 Å². The average Bonchev–Trinajstić information content (AvgIpc) is 2.87. The second-order valence-electron chi connectivity index (χ2n) is 7.38. The topological polar surface area (TPSA) is 102 Å². The molecule has 1 amide bonds. The van der Waals surface area contributed by atoms with Crippen molar-refractivity contribution in [2.75, 3.05) is 48.9 Å². The number of amides is 1. The quantitative estimate of drug-likeness (QED) is 0.340. The molecule has 1 saturated heterocycles. The number of carbonyl (C=O) groups is 1. The molecule has 3 rings (SSSR count). The SMILES string of the molecule is C=CC(=O)Nc1cccc(C(=N)/C(CC)=N/C(=N\C)Nc2ccc(N3CCOCC3)cc2)c1. The molecule has 1 heterocycles. The maximum absolute atomic E-state index is 11.6. The summed E-state index contributed by atoms with van der Waals surface area (Å²) in [5, 5.41) is 14.6. The van der Waals surface area contributed by atoms with Crippen LogP contribution in [0.4, 0.5) is 17.1 Å². The summed E-state index contributed by atoms with van der Waals surface area (Å²) in [7, 11) is 1.66. The fourth-order valence-electron chi connectivity index (χ4n) is 3.39. The van der Waals surface area contributed by atoms with Crippen LogP contribution in [0.15, 0.2) is 71.2 Å². The van der Waals surface area contributed by atoms with Crippen LogP contribution in [0.25, 0.3) is 0 Å². The van der Waals surface area contributed by atoms with E-state index in [4.69, 9.17) is 10.1 Å². The van der Waals surface area contributed by atoms with Crippen LogP contribution in [0.1, 0.15) is 18.9 Å². The second kappa shape index (κ2) is 11.7. The molecule has 0 bridgehead atoms. The number of benzene rings is 2. The van der Waals surface area contributed by atoms with E-state index in [1.807, 2.05) is 25.1 Å². The predicted molar refractivity (Wildman–Crippen MR) is 136 cm³/mol. The van der Waals surface area contributed by atoms with Crippen LogP contribution in [0.5, 0.6) is 0 Å². The van der Waals surface area contributed by atoms with Gasteiger partial charge >= 0.3 is 0 Å². The minimum Gasteiger partial charge on any atom is -0.378 e. The fourth-order valence-corrected chi connectivity index (χ4v) is 3.39. The minimum absolute atomic E-state index is 0.276. The molecule has 1 fully saturated rings. The standard InChI is InChI=1S/C25H30N6O2/c1-4-22(24(26)18-7-6-8-20(17-18)28-23(32)5-2)30-25(27-3)29-19-9-11-21(12-10-19)31-13-15-33-16-14-31/h5-12,17,26H,2,4,13-16H2,1,3H3,(H,27,29)(H,28,32)/b26-24?,30-22+. The van der Waals surface area contributed by atoms with Crippen LogP contribution in [0.3, 0.4) is 0 Å². The van der Waals surface area contributed by atoms with E-state index < -0.39 is 0 Å². The van der Waals surface area contributed by atoms with Gasteiger partial charge in [0.15, 0.2) is 0 Å². The number of nitrogens with one attached hydrogen (secondary N) is 3. The first-order valence-electron chi connectivity index (χ1n) is 10.9. The van der Waals surface area contributed by atoms with Crippen molar-refractivity contribution in [3.05, 3.63) is 66.7 Å². The zero-order valence-electron chi connectivity index (χ0n) is 19.1. The van der Waals surface area contributed by atoms with Crippen molar-refractivity contribution in [2.24, 2.45) is 9.98 Å². The summed E-state index contributed by atoms with van der Waals surface area (Å²) in [5.41, 5.74) is 4.13. The van der Waals surface area contributed by atoms with Crippen LogP contribution in [0.2, 0.25) is 0 Å². The van der Waals surface area contributed by atoms with Crippen LogP contribution in [-0.2, 0) is 9.53 Å². The highest BCUT2D eigenvalue weighted by atomic mass is 16.5. The van der Waals surface area contributed by atoms with Gasteiger partial charge in [0.25, 0.3) is 0 Å². The molecule has 33 heavy (non-hydrogen) atoms. The summed E-state index contributed by atoms with van der Waals surface area (Å²) >= 11 is 0. The molecule has 0 aromatic heterocycles. The van der Waals surface area contributed by atoms with E-state index in [1.165, 1.54) is 6.08 Å². The summed E-state index contributed by atoms with van der Waals surface area (Å²) in [6, 6.07) is 15.2. The Hall–Kier alpha value is -3.78. The van der Waals surface area contributed by atoms with Crippen molar-refractivity contribution in [3.63, 3.8) is 0 Å². The number of aliphatic imine (C=N–C) groups is 2. The Bertz CT molecular complexity index is 1050. The van der Waals surface area contributed by atoms with E-state index in [2.05, 4.69) is 44.2 Å². The highest BCUT2D eigenvalue weighted by Crippen LogP contribution is 2.19.